The van der Waals surface area contributed by atoms with Gasteiger partial charge < -0.3 is 20.4 Å². The maximum atomic E-state index is 9.08. The highest BCUT2D eigenvalue weighted by Gasteiger charge is 2.10. The molecule has 0 spiro atoms. The fourth-order valence-electron chi connectivity index (χ4n) is 1.73. The van der Waals surface area contributed by atoms with Gasteiger partial charge in [0.15, 0.2) is 0 Å². The Morgan fingerprint density at radius 3 is 2.37 bits per heavy atom. The van der Waals surface area contributed by atoms with Gasteiger partial charge in [-0.25, -0.2) is 9.97 Å². The number of hydrogen-bond acceptors (Lipinski definition) is 6. The van der Waals surface area contributed by atoms with E-state index in [4.69, 9.17) is 10.2 Å². The number of aliphatic hydroxyl groups is 2. The summed E-state index contributed by atoms with van der Waals surface area (Å²) < 4.78 is 0. The number of aliphatic hydroxyl groups excluding tert-OH is 2. The Bertz CT molecular complexity index is 368. The van der Waals surface area contributed by atoms with Gasteiger partial charge in [-0.2, -0.15) is 0 Å². The first-order valence-corrected chi connectivity index (χ1v) is 6.83. The minimum Gasteiger partial charge on any atom is -0.395 e. The lowest BCUT2D eigenvalue weighted by Gasteiger charge is -2.22. The van der Waals surface area contributed by atoms with E-state index in [2.05, 4.69) is 22.2 Å². The standard InChI is InChI=1S/C13H24N4O2/c1-3-5-14-12-10-13(16-11(4-2)15-12)17(6-8-18)7-9-19/h10,18-19H,3-9H2,1-2H3,(H,14,15,16). The maximum Gasteiger partial charge on any atom is 0.134 e. The molecule has 0 atom stereocenters. The van der Waals surface area contributed by atoms with Crippen LogP contribution in [0.15, 0.2) is 6.07 Å². The third-order valence-electron chi connectivity index (χ3n) is 2.70. The van der Waals surface area contributed by atoms with Gasteiger partial charge in [-0.3, -0.25) is 0 Å². The molecule has 1 rings (SSSR count). The molecule has 0 saturated carbocycles. The molecule has 3 N–H and O–H groups in total. The Balaban J connectivity index is 2.95. The number of nitrogens with one attached hydrogen (secondary N) is 1. The van der Waals surface area contributed by atoms with Gasteiger partial charge in [0.05, 0.1) is 13.2 Å². The first-order valence-electron chi connectivity index (χ1n) is 6.83. The van der Waals surface area contributed by atoms with E-state index in [0.29, 0.717) is 13.1 Å². The molecule has 1 aromatic rings. The molecule has 0 fully saturated rings. The van der Waals surface area contributed by atoms with Crippen LogP contribution >= 0.6 is 0 Å². The molecular formula is C13H24N4O2. The van der Waals surface area contributed by atoms with Crippen LogP contribution in [0.1, 0.15) is 26.1 Å². The number of anilines is 2. The van der Waals surface area contributed by atoms with E-state index in [1.807, 2.05) is 17.9 Å². The minimum atomic E-state index is 0.0309. The molecule has 6 nitrogen and oxygen atoms in total. The summed E-state index contributed by atoms with van der Waals surface area (Å²) in [5.74, 6) is 2.30. The first-order chi connectivity index (χ1) is 9.24. The smallest absolute Gasteiger partial charge is 0.134 e. The van der Waals surface area contributed by atoms with Gasteiger partial charge in [0.2, 0.25) is 0 Å². The predicted octanol–water partition coefficient (Wildman–Crippen LogP) is 0.652. The normalized spacial score (nSPS) is 10.5. The summed E-state index contributed by atoms with van der Waals surface area (Å²) in [6.45, 7) is 5.93. The molecule has 6 heteroatoms. The van der Waals surface area contributed by atoms with Crippen molar-refractivity contribution in [3.63, 3.8) is 0 Å². The molecule has 0 saturated heterocycles. The van der Waals surface area contributed by atoms with Crippen molar-refractivity contribution in [2.45, 2.75) is 26.7 Å². The zero-order valence-electron chi connectivity index (χ0n) is 11.8. The molecular weight excluding hydrogens is 244 g/mol. The Morgan fingerprint density at radius 1 is 1.16 bits per heavy atom. The summed E-state index contributed by atoms with van der Waals surface area (Å²) in [6, 6.07) is 1.86. The SMILES string of the molecule is CCCNc1cc(N(CCO)CCO)nc(CC)n1. The molecule has 0 unspecified atom stereocenters. The molecule has 0 aliphatic rings. The van der Waals surface area contributed by atoms with E-state index in [1.165, 1.54) is 0 Å². The van der Waals surface area contributed by atoms with Crippen molar-refractivity contribution in [2.24, 2.45) is 0 Å². The van der Waals surface area contributed by atoms with Gasteiger partial charge in [0.1, 0.15) is 17.5 Å². The monoisotopic (exact) mass is 268 g/mol. The zero-order valence-corrected chi connectivity index (χ0v) is 11.8. The average molecular weight is 268 g/mol. The molecule has 0 aromatic carbocycles. The van der Waals surface area contributed by atoms with Crippen molar-refractivity contribution in [1.29, 1.82) is 0 Å². The Kier molecular flexibility index (Phi) is 7.14. The van der Waals surface area contributed by atoms with Crippen LogP contribution in [0.5, 0.6) is 0 Å². The Hall–Kier alpha value is -1.40. The summed E-state index contributed by atoms with van der Waals surface area (Å²) >= 11 is 0. The van der Waals surface area contributed by atoms with Gasteiger partial charge in [0.25, 0.3) is 0 Å². The van der Waals surface area contributed by atoms with Crippen LogP contribution in [-0.4, -0.2) is 53.0 Å². The van der Waals surface area contributed by atoms with Crippen molar-refractivity contribution in [3.8, 4) is 0 Å². The molecule has 19 heavy (non-hydrogen) atoms. The largest absolute Gasteiger partial charge is 0.395 e. The van der Waals surface area contributed by atoms with Gasteiger partial charge in [0, 0.05) is 32.1 Å². The number of aryl methyl sites for hydroxylation is 1. The average Bonchev–Trinajstić information content (AvgIpc) is 2.44. The lowest BCUT2D eigenvalue weighted by molar-refractivity contribution is 0.280. The fourth-order valence-corrected chi connectivity index (χ4v) is 1.73. The van der Waals surface area contributed by atoms with Crippen molar-refractivity contribution in [3.05, 3.63) is 11.9 Å². The van der Waals surface area contributed by atoms with E-state index in [-0.39, 0.29) is 13.2 Å². The Morgan fingerprint density at radius 2 is 1.84 bits per heavy atom. The second-order valence-corrected chi connectivity index (χ2v) is 4.24. The molecule has 0 aliphatic heterocycles. The van der Waals surface area contributed by atoms with Crippen LogP contribution in [-0.2, 0) is 6.42 Å². The summed E-state index contributed by atoms with van der Waals surface area (Å²) in [4.78, 5) is 10.7. The Labute approximate surface area is 114 Å². The molecule has 1 heterocycles. The highest BCUT2D eigenvalue weighted by Crippen LogP contribution is 2.16. The number of hydrogen-bond donors (Lipinski definition) is 3. The van der Waals surface area contributed by atoms with Gasteiger partial charge in [-0.15, -0.1) is 0 Å². The van der Waals surface area contributed by atoms with Crippen molar-refractivity contribution < 1.29 is 10.2 Å². The second-order valence-electron chi connectivity index (χ2n) is 4.24. The van der Waals surface area contributed by atoms with E-state index in [9.17, 15) is 0 Å². The maximum absolute atomic E-state index is 9.08. The molecule has 108 valence electrons. The van der Waals surface area contributed by atoms with Gasteiger partial charge in [-0.05, 0) is 6.42 Å². The van der Waals surface area contributed by atoms with E-state index >= 15 is 0 Å². The third-order valence-corrected chi connectivity index (χ3v) is 2.70. The molecule has 0 amide bonds. The summed E-state index contributed by atoms with van der Waals surface area (Å²) in [5, 5.41) is 21.4. The molecule has 0 radical (unpaired) electrons. The van der Waals surface area contributed by atoms with Crippen molar-refractivity contribution in [2.75, 3.05) is 43.1 Å². The topological polar surface area (TPSA) is 81.5 Å². The predicted molar refractivity (Wildman–Crippen MR) is 76.6 cm³/mol. The van der Waals surface area contributed by atoms with Crippen molar-refractivity contribution >= 4 is 11.6 Å². The number of rotatable bonds is 9. The summed E-state index contributed by atoms with van der Waals surface area (Å²) in [7, 11) is 0. The third kappa shape index (κ3) is 5.00. The zero-order chi connectivity index (χ0) is 14.1. The quantitative estimate of drug-likeness (QED) is 0.610. The fraction of sp³-hybridized carbons (Fsp3) is 0.692. The molecule has 0 bridgehead atoms. The van der Waals surface area contributed by atoms with Crippen LogP contribution in [0, 0.1) is 0 Å². The molecule has 0 aliphatic carbocycles. The van der Waals surface area contributed by atoms with E-state index in [0.717, 1.165) is 36.8 Å². The van der Waals surface area contributed by atoms with E-state index < -0.39 is 0 Å². The van der Waals surface area contributed by atoms with Crippen LogP contribution in [0.4, 0.5) is 11.6 Å². The first kappa shape index (κ1) is 15.7. The lowest BCUT2D eigenvalue weighted by Crippen LogP contribution is -2.31. The highest BCUT2D eigenvalue weighted by atomic mass is 16.3. The van der Waals surface area contributed by atoms with Gasteiger partial charge in [-0.1, -0.05) is 13.8 Å². The highest BCUT2D eigenvalue weighted by molar-refractivity contribution is 5.49. The second kappa shape index (κ2) is 8.66. The van der Waals surface area contributed by atoms with Crippen LogP contribution in [0.3, 0.4) is 0 Å². The van der Waals surface area contributed by atoms with Crippen LogP contribution in [0.2, 0.25) is 0 Å². The van der Waals surface area contributed by atoms with Crippen molar-refractivity contribution in [1.82, 2.24) is 9.97 Å². The lowest BCUT2D eigenvalue weighted by atomic mass is 10.3. The van der Waals surface area contributed by atoms with Gasteiger partial charge >= 0.3 is 0 Å². The van der Waals surface area contributed by atoms with Crippen LogP contribution in [0.25, 0.3) is 0 Å². The van der Waals surface area contributed by atoms with E-state index in [1.54, 1.807) is 0 Å². The number of aromatic nitrogens is 2. The summed E-state index contributed by atoms with van der Waals surface area (Å²) in [6.07, 6.45) is 1.78. The van der Waals surface area contributed by atoms with Crippen LogP contribution < -0.4 is 10.2 Å². The summed E-state index contributed by atoms with van der Waals surface area (Å²) in [5.41, 5.74) is 0. The number of nitrogens with zero attached hydrogens (tertiary/aromatic N) is 3. The molecule has 1 aromatic heterocycles. The minimum absolute atomic E-state index is 0.0309.